The van der Waals surface area contributed by atoms with Gasteiger partial charge >= 0.3 is 5.97 Å². The van der Waals surface area contributed by atoms with Crippen molar-refractivity contribution in [2.45, 2.75) is 26.2 Å². The minimum absolute atomic E-state index is 0.0269. The number of aromatic carboxylic acids is 1. The molecule has 10 nitrogen and oxygen atoms in total. The molecule has 0 aliphatic carbocycles. The number of morpholine rings is 1. The van der Waals surface area contributed by atoms with Gasteiger partial charge in [-0.2, -0.15) is 4.98 Å². The van der Waals surface area contributed by atoms with Crippen LogP contribution in [-0.2, 0) is 14.9 Å². The second-order valence-corrected chi connectivity index (χ2v) is 11.3. The summed E-state index contributed by atoms with van der Waals surface area (Å²) in [5, 5.41) is 13.3. The van der Waals surface area contributed by atoms with Gasteiger partial charge in [0.1, 0.15) is 10.6 Å². The van der Waals surface area contributed by atoms with Gasteiger partial charge in [0.15, 0.2) is 0 Å². The molecule has 0 spiro atoms. The quantitative estimate of drug-likeness (QED) is 0.233. The number of Topliss-reactive ketones (excluding diaryl/α,β-unsaturated/α-hetero) is 1. The molecule has 206 valence electrons. The van der Waals surface area contributed by atoms with E-state index in [2.05, 4.69) is 15.3 Å². The Morgan fingerprint density at radius 3 is 2.48 bits per heavy atom. The number of ketones is 1. The minimum Gasteiger partial charge on any atom is -0.477 e. The molecule has 1 aliphatic heterocycles. The summed E-state index contributed by atoms with van der Waals surface area (Å²) in [6, 6.07) is 13.5. The Kier molecular flexibility index (Phi) is 7.51. The van der Waals surface area contributed by atoms with Gasteiger partial charge in [-0.25, -0.2) is 9.78 Å². The zero-order valence-electron chi connectivity index (χ0n) is 22.3. The van der Waals surface area contributed by atoms with E-state index in [1.165, 1.54) is 6.07 Å². The standard InChI is InChI=1S/C29H28N4O6S/c1-29(2,3)22-16-20(25(40-22)27(36)37)31-26(35)24(34)19-8-9-21(18-7-5-4-6-17(18)19)39-23-10-11-30-28(32-23)33-12-14-38-15-13-33/h4-11,16H,12-15H2,1-3H3,(H,31,35)(H,36,37). The molecule has 40 heavy (non-hydrogen) atoms. The molecule has 1 fully saturated rings. The number of hydrogen-bond acceptors (Lipinski definition) is 9. The highest BCUT2D eigenvalue weighted by atomic mass is 32.1. The molecule has 1 aliphatic rings. The number of anilines is 2. The number of carboxylic acid groups (broad SMARTS) is 1. The highest BCUT2D eigenvalue weighted by Gasteiger charge is 2.27. The first-order valence-corrected chi connectivity index (χ1v) is 13.5. The summed E-state index contributed by atoms with van der Waals surface area (Å²) < 4.78 is 11.5. The number of rotatable bonds is 7. The van der Waals surface area contributed by atoms with Gasteiger partial charge in [-0.1, -0.05) is 45.0 Å². The second-order valence-electron chi connectivity index (χ2n) is 10.2. The Hall–Kier alpha value is -4.35. The van der Waals surface area contributed by atoms with Gasteiger partial charge in [-0.15, -0.1) is 11.3 Å². The molecular formula is C29H28N4O6S. The van der Waals surface area contributed by atoms with Crippen LogP contribution in [0.15, 0.2) is 54.7 Å². The normalized spacial score (nSPS) is 13.7. The minimum atomic E-state index is -1.17. The van der Waals surface area contributed by atoms with E-state index in [0.717, 1.165) is 16.2 Å². The number of amides is 1. The second kappa shape index (κ2) is 11.0. The Morgan fingerprint density at radius 2 is 1.77 bits per heavy atom. The SMILES string of the molecule is CC(C)(C)c1cc(NC(=O)C(=O)c2ccc(Oc3ccnc(N4CCOCC4)n3)c3ccccc23)c(C(=O)O)s1. The van der Waals surface area contributed by atoms with Crippen LogP contribution in [0.25, 0.3) is 10.8 Å². The van der Waals surface area contributed by atoms with Crippen molar-refractivity contribution in [1.82, 2.24) is 9.97 Å². The highest BCUT2D eigenvalue weighted by molar-refractivity contribution is 7.14. The van der Waals surface area contributed by atoms with Gasteiger partial charge in [0.2, 0.25) is 11.8 Å². The lowest BCUT2D eigenvalue weighted by Gasteiger charge is -2.26. The fourth-order valence-electron chi connectivity index (χ4n) is 4.29. The monoisotopic (exact) mass is 560 g/mol. The maximum Gasteiger partial charge on any atom is 0.348 e. The molecule has 2 aromatic heterocycles. The Bertz CT molecular complexity index is 1600. The van der Waals surface area contributed by atoms with Crippen LogP contribution in [0.2, 0.25) is 0 Å². The summed E-state index contributed by atoms with van der Waals surface area (Å²) in [6.07, 6.45) is 1.62. The van der Waals surface area contributed by atoms with Gasteiger partial charge in [0.05, 0.1) is 18.9 Å². The van der Waals surface area contributed by atoms with E-state index in [-0.39, 0.29) is 21.5 Å². The molecule has 2 N–H and O–H groups in total. The summed E-state index contributed by atoms with van der Waals surface area (Å²) in [6.45, 7) is 8.41. The van der Waals surface area contributed by atoms with Gasteiger partial charge in [-0.3, -0.25) is 9.59 Å². The Balaban J connectivity index is 1.41. The summed E-state index contributed by atoms with van der Waals surface area (Å²) in [7, 11) is 0. The van der Waals surface area contributed by atoms with E-state index in [9.17, 15) is 19.5 Å². The molecular weight excluding hydrogens is 532 g/mol. The van der Waals surface area contributed by atoms with E-state index in [1.54, 1.807) is 48.7 Å². The van der Waals surface area contributed by atoms with Gasteiger partial charge in [0.25, 0.3) is 11.7 Å². The number of nitrogens with one attached hydrogen (secondary N) is 1. The molecule has 1 amide bonds. The van der Waals surface area contributed by atoms with Crippen molar-refractivity contribution in [1.29, 1.82) is 0 Å². The zero-order chi connectivity index (χ0) is 28.4. The number of ether oxygens (including phenoxy) is 2. The van der Waals surface area contributed by atoms with Crippen LogP contribution in [-0.4, -0.2) is 59.0 Å². The first-order valence-electron chi connectivity index (χ1n) is 12.7. The summed E-state index contributed by atoms with van der Waals surface area (Å²) >= 11 is 1.08. The molecule has 2 aromatic carbocycles. The van der Waals surface area contributed by atoms with Crippen molar-refractivity contribution in [3.63, 3.8) is 0 Å². The van der Waals surface area contributed by atoms with Gasteiger partial charge in [-0.05, 0) is 29.0 Å². The molecule has 4 aromatic rings. The van der Waals surface area contributed by atoms with Crippen molar-refractivity contribution < 1.29 is 29.0 Å². The number of carboxylic acids is 1. The van der Waals surface area contributed by atoms with Gasteiger partial charge in [0, 0.05) is 41.2 Å². The third-order valence-corrected chi connectivity index (χ3v) is 7.92. The summed E-state index contributed by atoms with van der Waals surface area (Å²) in [5.74, 6) is -1.55. The largest absolute Gasteiger partial charge is 0.477 e. The highest BCUT2D eigenvalue weighted by Crippen LogP contribution is 2.36. The van der Waals surface area contributed by atoms with Crippen molar-refractivity contribution >= 4 is 51.4 Å². The number of carbonyl (C=O) groups is 3. The first kappa shape index (κ1) is 27.2. The summed E-state index contributed by atoms with van der Waals surface area (Å²) in [4.78, 5) is 49.8. The molecule has 0 atom stereocenters. The Labute approximate surface area is 234 Å². The molecule has 1 saturated heterocycles. The molecule has 5 rings (SSSR count). The fourth-order valence-corrected chi connectivity index (χ4v) is 5.30. The average molecular weight is 561 g/mol. The van der Waals surface area contributed by atoms with Crippen LogP contribution in [0.1, 0.15) is 45.7 Å². The van der Waals surface area contributed by atoms with Crippen LogP contribution < -0.4 is 15.0 Å². The number of thiophene rings is 1. The van der Waals surface area contributed by atoms with Crippen LogP contribution >= 0.6 is 11.3 Å². The van der Waals surface area contributed by atoms with Crippen molar-refractivity contribution in [3.8, 4) is 11.6 Å². The Morgan fingerprint density at radius 1 is 1.05 bits per heavy atom. The average Bonchev–Trinajstić information content (AvgIpc) is 3.38. The van der Waals surface area contributed by atoms with Crippen molar-refractivity contribution in [2.24, 2.45) is 0 Å². The molecule has 0 bridgehead atoms. The number of fused-ring (bicyclic) bond motifs is 1. The van der Waals surface area contributed by atoms with Gasteiger partial charge < -0.3 is 24.8 Å². The van der Waals surface area contributed by atoms with Crippen molar-refractivity contribution in [3.05, 3.63) is 70.0 Å². The smallest absolute Gasteiger partial charge is 0.348 e. The number of benzene rings is 2. The van der Waals surface area contributed by atoms with E-state index < -0.39 is 17.7 Å². The molecule has 11 heteroatoms. The van der Waals surface area contributed by atoms with Crippen LogP contribution in [0.5, 0.6) is 11.6 Å². The van der Waals surface area contributed by atoms with E-state index in [0.29, 0.717) is 54.7 Å². The first-order chi connectivity index (χ1) is 19.1. The molecule has 3 heterocycles. The predicted molar refractivity (Wildman–Crippen MR) is 152 cm³/mol. The van der Waals surface area contributed by atoms with E-state index in [1.807, 2.05) is 25.7 Å². The lowest BCUT2D eigenvalue weighted by molar-refractivity contribution is -0.112. The topological polar surface area (TPSA) is 131 Å². The van der Waals surface area contributed by atoms with Crippen LogP contribution in [0, 0.1) is 0 Å². The third kappa shape index (κ3) is 5.65. The lowest BCUT2D eigenvalue weighted by atomic mass is 9.94. The van der Waals surface area contributed by atoms with Crippen LogP contribution in [0.4, 0.5) is 11.6 Å². The predicted octanol–water partition coefficient (Wildman–Crippen LogP) is 5.14. The fraction of sp³-hybridized carbons (Fsp3) is 0.276. The van der Waals surface area contributed by atoms with Crippen molar-refractivity contribution in [2.75, 3.05) is 36.5 Å². The number of nitrogens with zero attached hydrogens (tertiary/aromatic N) is 3. The van der Waals surface area contributed by atoms with E-state index >= 15 is 0 Å². The van der Waals surface area contributed by atoms with Crippen LogP contribution in [0.3, 0.4) is 0 Å². The zero-order valence-corrected chi connectivity index (χ0v) is 23.1. The van der Waals surface area contributed by atoms with E-state index in [4.69, 9.17) is 9.47 Å². The lowest BCUT2D eigenvalue weighted by Crippen LogP contribution is -2.37. The maximum atomic E-state index is 13.3. The molecule has 0 saturated carbocycles. The third-order valence-electron chi connectivity index (χ3n) is 6.37. The number of carbonyl (C=O) groups excluding carboxylic acids is 2. The summed E-state index contributed by atoms with van der Waals surface area (Å²) in [5.41, 5.74) is -0.0503. The molecule has 0 unspecified atom stereocenters. The number of hydrogen-bond donors (Lipinski definition) is 2. The number of aromatic nitrogens is 2. The molecule has 0 radical (unpaired) electrons. The maximum absolute atomic E-state index is 13.3.